The molecule has 28 heavy (non-hydrogen) atoms. The minimum atomic E-state index is -0.238. The Labute approximate surface area is 167 Å². The summed E-state index contributed by atoms with van der Waals surface area (Å²) in [6.45, 7) is 5.50. The van der Waals surface area contributed by atoms with E-state index in [1.54, 1.807) is 0 Å². The van der Waals surface area contributed by atoms with Gasteiger partial charge in [-0.15, -0.1) is 0 Å². The fourth-order valence-corrected chi connectivity index (χ4v) is 3.49. The number of carbonyl (C=O) groups excluding carboxylic acids is 2. The van der Waals surface area contributed by atoms with Crippen molar-refractivity contribution in [2.24, 2.45) is 0 Å². The third-order valence-corrected chi connectivity index (χ3v) is 5.22. The van der Waals surface area contributed by atoms with Crippen LogP contribution in [-0.4, -0.2) is 23.4 Å². The molecule has 0 aromatic heterocycles. The van der Waals surface area contributed by atoms with E-state index in [-0.39, 0.29) is 18.0 Å². The highest BCUT2D eigenvalue weighted by atomic mass is 16.2. The van der Waals surface area contributed by atoms with Crippen LogP contribution >= 0.6 is 0 Å². The van der Waals surface area contributed by atoms with Crippen LogP contribution in [0.2, 0.25) is 0 Å². The maximum atomic E-state index is 12.4. The number of nitrogens with zero attached hydrogens (tertiary/aromatic N) is 1. The van der Waals surface area contributed by atoms with E-state index in [9.17, 15) is 9.59 Å². The second-order valence-corrected chi connectivity index (χ2v) is 7.39. The molecule has 1 atom stereocenters. The molecular weight excluding hydrogens is 350 g/mol. The number of amides is 3. The van der Waals surface area contributed by atoms with Crippen LogP contribution in [0.5, 0.6) is 0 Å². The van der Waals surface area contributed by atoms with Crippen LogP contribution in [0.1, 0.15) is 55.8 Å². The normalized spacial score (nSPS) is 15.2. The van der Waals surface area contributed by atoms with E-state index in [4.69, 9.17) is 0 Å². The van der Waals surface area contributed by atoms with Crippen molar-refractivity contribution in [2.75, 3.05) is 11.9 Å². The molecule has 1 unspecified atom stereocenters. The monoisotopic (exact) mass is 379 g/mol. The van der Waals surface area contributed by atoms with Gasteiger partial charge < -0.3 is 15.5 Å². The van der Waals surface area contributed by atoms with Crippen molar-refractivity contribution in [3.63, 3.8) is 0 Å². The van der Waals surface area contributed by atoms with Crippen molar-refractivity contribution < 1.29 is 9.59 Å². The molecule has 3 rings (SSSR count). The number of nitrogens with one attached hydrogen (secondary N) is 2. The molecule has 0 saturated carbocycles. The van der Waals surface area contributed by atoms with Gasteiger partial charge in [-0.25, -0.2) is 4.79 Å². The molecule has 0 radical (unpaired) electrons. The number of hydrogen-bond acceptors (Lipinski definition) is 2. The molecular formula is C23H29N3O2. The van der Waals surface area contributed by atoms with Crippen molar-refractivity contribution in [2.45, 2.75) is 52.1 Å². The van der Waals surface area contributed by atoms with Crippen molar-refractivity contribution >= 4 is 17.6 Å². The number of carbonyl (C=O) groups is 2. The minimum absolute atomic E-state index is 0.0833. The van der Waals surface area contributed by atoms with E-state index >= 15 is 0 Å². The Bertz CT molecular complexity index is 817. The van der Waals surface area contributed by atoms with E-state index in [1.807, 2.05) is 36.1 Å². The molecule has 0 spiro atoms. The topological polar surface area (TPSA) is 61.4 Å². The van der Waals surface area contributed by atoms with Gasteiger partial charge in [-0.3, -0.25) is 4.79 Å². The van der Waals surface area contributed by atoms with Crippen LogP contribution in [-0.2, 0) is 17.8 Å². The Morgan fingerprint density at radius 1 is 1.11 bits per heavy atom. The van der Waals surface area contributed by atoms with Gasteiger partial charge in [0.2, 0.25) is 5.91 Å². The molecule has 1 heterocycles. The minimum Gasteiger partial charge on any atom is -0.338 e. The maximum Gasteiger partial charge on any atom is 0.319 e. The Morgan fingerprint density at radius 3 is 2.61 bits per heavy atom. The van der Waals surface area contributed by atoms with Gasteiger partial charge in [-0.1, -0.05) is 43.3 Å². The lowest BCUT2D eigenvalue weighted by molar-refractivity contribution is -0.133. The second kappa shape index (κ2) is 9.40. The number of urea groups is 1. The molecule has 3 amide bonds. The SMILES string of the molecule is CCc1ccc(C(C)NC(=O)Nc2cccc(CN3CCCCC3=O)c2)cc1. The lowest BCUT2D eigenvalue weighted by atomic mass is 10.1. The lowest BCUT2D eigenvalue weighted by Crippen LogP contribution is -2.34. The first-order valence-corrected chi connectivity index (χ1v) is 10.1. The number of anilines is 1. The van der Waals surface area contributed by atoms with Gasteiger partial charge in [-0.05, 0) is 55.0 Å². The highest BCUT2D eigenvalue weighted by molar-refractivity contribution is 5.89. The largest absolute Gasteiger partial charge is 0.338 e. The van der Waals surface area contributed by atoms with Crippen LogP contribution in [0.3, 0.4) is 0 Å². The first-order chi connectivity index (χ1) is 13.5. The quantitative estimate of drug-likeness (QED) is 0.768. The predicted molar refractivity (Wildman–Crippen MR) is 112 cm³/mol. The van der Waals surface area contributed by atoms with E-state index < -0.39 is 0 Å². The Morgan fingerprint density at radius 2 is 1.89 bits per heavy atom. The van der Waals surface area contributed by atoms with E-state index in [0.717, 1.165) is 42.6 Å². The summed E-state index contributed by atoms with van der Waals surface area (Å²) in [6.07, 6.45) is 3.68. The summed E-state index contributed by atoms with van der Waals surface area (Å²) in [6, 6.07) is 15.7. The highest BCUT2D eigenvalue weighted by Gasteiger charge is 2.18. The number of aryl methyl sites for hydroxylation is 1. The average Bonchev–Trinajstić information content (AvgIpc) is 2.70. The number of likely N-dealkylation sites (tertiary alicyclic amines) is 1. The van der Waals surface area contributed by atoms with Crippen molar-refractivity contribution in [1.82, 2.24) is 10.2 Å². The standard InChI is InChI=1S/C23H29N3O2/c1-3-18-10-12-20(13-11-18)17(2)24-23(28)25-21-8-6-7-19(15-21)16-26-14-5-4-9-22(26)27/h6-8,10-13,15,17H,3-5,9,14,16H2,1-2H3,(H2,24,25,28). The van der Waals surface area contributed by atoms with E-state index in [0.29, 0.717) is 13.0 Å². The first-order valence-electron chi connectivity index (χ1n) is 10.1. The summed E-state index contributed by atoms with van der Waals surface area (Å²) < 4.78 is 0. The molecule has 5 heteroatoms. The van der Waals surface area contributed by atoms with Crippen molar-refractivity contribution in [3.05, 3.63) is 65.2 Å². The molecule has 1 fully saturated rings. The summed E-state index contributed by atoms with van der Waals surface area (Å²) in [5.74, 6) is 0.213. The van der Waals surface area contributed by atoms with Gasteiger partial charge in [0, 0.05) is 25.2 Å². The van der Waals surface area contributed by atoms with Gasteiger partial charge in [-0.2, -0.15) is 0 Å². The Hall–Kier alpha value is -2.82. The molecule has 1 aliphatic heterocycles. The zero-order valence-corrected chi connectivity index (χ0v) is 16.7. The Balaban J connectivity index is 1.56. The summed E-state index contributed by atoms with van der Waals surface area (Å²) in [5, 5.41) is 5.88. The maximum absolute atomic E-state index is 12.4. The molecule has 2 aromatic rings. The lowest BCUT2D eigenvalue weighted by Gasteiger charge is -2.26. The van der Waals surface area contributed by atoms with Gasteiger partial charge in [0.15, 0.2) is 0 Å². The summed E-state index contributed by atoms with van der Waals surface area (Å²) >= 11 is 0. The number of benzene rings is 2. The predicted octanol–water partition coefficient (Wildman–Crippen LogP) is 4.64. The highest BCUT2D eigenvalue weighted by Crippen LogP contribution is 2.18. The molecule has 5 nitrogen and oxygen atoms in total. The molecule has 0 bridgehead atoms. The number of hydrogen-bond donors (Lipinski definition) is 2. The molecule has 2 N–H and O–H groups in total. The summed E-state index contributed by atoms with van der Waals surface area (Å²) in [5.41, 5.74) is 4.11. The number of piperidine rings is 1. The number of rotatable bonds is 6. The van der Waals surface area contributed by atoms with Gasteiger partial charge in [0.1, 0.15) is 0 Å². The van der Waals surface area contributed by atoms with Crippen LogP contribution in [0.4, 0.5) is 10.5 Å². The Kier molecular flexibility index (Phi) is 6.69. The first kappa shape index (κ1) is 19.9. The molecule has 1 saturated heterocycles. The molecule has 1 aliphatic rings. The van der Waals surface area contributed by atoms with Gasteiger partial charge in [0.05, 0.1) is 6.04 Å². The fraction of sp³-hybridized carbons (Fsp3) is 0.391. The molecule has 148 valence electrons. The van der Waals surface area contributed by atoms with E-state index in [2.05, 4.69) is 41.8 Å². The molecule has 0 aliphatic carbocycles. The summed E-state index contributed by atoms with van der Waals surface area (Å²) in [7, 11) is 0. The third kappa shape index (κ3) is 5.35. The van der Waals surface area contributed by atoms with Gasteiger partial charge in [0.25, 0.3) is 0 Å². The van der Waals surface area contributed by atoms with Crippen molar-refractivity contribution in [3.8, 4) is 0 Å². The zero-order chi connectivity index (χ0) is 19.9. The summed E-state index contributed by atoms with van der Waals surface area (Å²) in [4.78, 5) is 26.3. The van der Waals surface area contributed by atoms with Crippen molar-refractivity contribution in [1.29, 1.82) is 0 Å². The fourth-order valence-electron chi connectivity index (χ4n) is 3.49. The van der Waals surface area contributed by atoms with Crippen LogP contribution in [0.15, 0.2) is 48.5 Å². The average molecular weight is 380 g/mol. The zero-order valence-electron chi connectivity index (χ0n) is 16.7. The van der Waals surface area contributed by atoms with Crippen LogP contribution < -0.4 is 10.6 Å². The van der Waals surface area contributed by atoms with Gasteiger partial charge >= 0.3 is 6.03 Å². The van der Waals surface area contributed by atoms with E-state index in [1.165, 1.54) is 5.56 Å². The molecule has 2 aromatic carbocycles. The van der Waals surface area contributed by atoms with Crippen LogP contribution in [0, 0.1) is 0 Å². The van der Waals surface area contributed by atoms with Crippen LogP contribution in [0.25, 0.3) is 0 Å². The smallest absolute Gasteiger partial charge is 0.319 e. The third-order valence-electron chi connectivity index (χ3n) is 5.22. The second-order valence-electron chi connectivity index (χ2n) is 7.39.